The highest BCUT2D eigenvalue weighted by atomic mass is 79.9. The van der Waals surface area contributed by atoms with Crippen LogP contribution in [0.4, 0.5) is 4.39 Å². The average Bonchev–Trinajstić information content (AvgIpc) is 2.85. The van der Waals surface area contributed by atoms with Crippen LogP contribution in [0.15, 0.2) is 27.7 Å². The fourth-order valence-electron chi connectivity index (χ4n) is 2.16. The molecule has 1 aromatic carbocycles. The molecule has 0 saturated carbocycles. The number of nitrogens with one attached hydrogen (secondary N) is 1. The molecule has 1 aliphatic rings. The van der Waals surface area contributed by atoms with Gasteiger partial charge < -0.3 is 15.3 Å². The van der Waals surface area contributed by atoms with Crippen molar-refractivity contribution in [3.8, 4) is 0 Å². The summed E-state index contributed by atoms with van der Waals surface area (Å²) in [5.41, 5.74) is 0.820. The molecule has 1 heterocycles. The van der Waals surface area contributed by atoms with Gasteiger partial charge in [0.15, 0.2) is 5.96 Å². The molecule has 20 heavy (non-hydrogen) atoms. The van der Waals surface area contributed by atoms with E-state index < -0.39 is 0 Å². The smallest absolute Gasteiger partial charge is 0.194 e. The molecule has 0 bridgehead atoms. The van der Waals surface area contributed by atoms with Crippen molar-refractivity contribution >= 4 is 21.9 Å². The molecule has 0 aliphatic carbocycles. The molecule has 6 heteroatoms. The van der Waals surface area contributed by atoms with E-state index in [0.717, 1.165) is 31.0 Å². The first-order valence-electron chi connectivity index (χ1n) is 6.75. The van der Waals surface area contributed by atoms with Gasteiger partial charge in [0.25, 0.3) is 0 Å². The van der Waals surface area contributed by atoms with E-state index >= 15 is 0 Å². The van der Waals surface area contributed by atoms with Gasteiger partial charge in [0.05, 0.1) is 17.1 Å². The zero-order valence-corrected chi connectivity index (χ0v) is 13.0. The van der Waals surface area contributed by atoms with Crippen molar-refractivity contribution < 1.29 is 9.50 Å². The summed E-state index contributed by atoms with van der Waals surface area (Å²) in [4.78, 5) is 6.54. The maximum absolute atomic E-state index is 13.4. The number of halogens is 2. The van der Waals surface area contributed by atoms with Crippen LogP contribution in [0.5, 0.6) is 0 Å². The normalized spacial score (nSPS) is 19.5. The molecule has 2 rings (SSSR count). The molecule has 0 unspecified atom stereocenters. The standard InChI is InChI=1S/C14H19BrFN3O/c1-2-17-14(19-6-5-11(20)9-19)18-8-10-3-4-12(15)13(16)7-10/h3-4,7,11,20H,2,5-6,8-9H2,1H3,(H,17,18)/t11-/m1/s1. The SMILES string of the molecule is CCNC(=NCc1ccc(Br)c(F)c1)N1CC[C@@H](O)C1. The quantitative estimate of drug-likeness (QED) is 0.652. The van der Waals surface area contributed by atoms with Crippen LogP contribution in [0.25, 0.3) is 0 Å². The minimum atomic E-state index is -0.288. The number of guanidine groups is 1. The summed E-state index contributed by atoms with van der Waals surface area (Å²) >= 11 is 3.14. The number of aliphatic hydroxyl groups is 1. The number of aliphatic imine (C=N–C) groups is 1. The molecule has 1 atom stereocenters. The van der Waals surface area contributed by atoms with Crippen molar-refractivity contribution in [2.45, 2.75) is 26.0 Å². The Kier molecular flexibility index (Phi) is 5.37. The first-order valence-corrected chi connectivity index (χ1v) is 7.54. The van der Waals surface area contributed by atoms with Crippen LogP contribution in [0.2, 0.25) is 0 Å². The average molecular weight is 344 g/mol. The topological polar surface area (TPSA) is 47.9 Å². The predicted molar refractivity (Wildman–Crippen MR) is 81.1 cm³/mol. The molecule has 0 radical (unpaired) electrons. The van der Waals surface area contributed by atoms with Crippen molar-refractivity contribution in [2.75, 3.05) is 19.6 Å². The van der Waals surface area contributed by atoms with Crippen LogP contribution < -0.4 is 5.32 Å². The molecule has 0 aromatic heterocycles. The first kappa shape index (κ1) is 15.3. The maximum atomic E-state index is 13.4. The summed E-state index contributed by atoms with van der Waals surface area (Å²) in [6, 6.07) is 5.02. The Morgan fingerprint density at radius 1 is 1.60 bits per heavy atom. The van der Waals surface area contributed by atoms with Crippen molar-refractivity contribution in [3.05, 3.63) is 34.1 Å². The van der Waals surface area contributed by atoms with Gasteiger partial charge in [-0.15, -0.1) is 0 Å². The molecule has 1 aromatic rings. The van der Waals surface area contributed by atoms with Gasteiger partial charge >= 0.3 is 0 Å². The largest absolute Gasteiger partial charge is 0.391 e. The lowest BCUT2D eigenvalue weighted by atomic mass is 10.2. The second-order valence-electron chi connectivity index (χ2n) is 4.81. The van der Waals surface area contributed by atoms with Crippen molar-refractivity contribution in [1.82, 2.24) is 10.2 Å². The van der Waals surface area contributed by atoms with Gasteiger partial charge in [-0.2, -0.15) is 0 Å². The Morgan fingerprint density at radius 3 is 3.00 bits per heavy atom. The van der Waals surface area contributed by atoms with Gasteiger partial charge in [-0.1, -0.05) is 6.07 Å². The third kappa shape index (κ3) is 3.93. The van der Waals surface area contributed by atoms with E-state index in [1.807, 2.05) is 17.9 Å². The van der Waals surface area contributed by atoms with Gasteiger partial charge in [0, 0.05) is 19.6 Å². The fourth-order valence-corrected chi connectivity index (χ4v) is 2.41. The van der Waals surface area contributed by atoms with E-state index in [1.54, 1.807) is 6.07 Å². The van der Waals surface area contributed by atoms with E-state index in [0.29, 0.717) is 17.6 Å². The third-order valence-corrected chi connectivity index (χ3v) is 3.84. The fraction of sp³-hybridized carbons (Fsp3) is 0.500. The lowest BCUT2D eigenvalue weighted by molar-refractivity contribution is 0.188. The van der Waals surface area contributed by atoms with Gasteiger partial charge in [0.2, 0.25) is 0 Å². The monoisotopic (exact) mass is 343 g/mol. The summed E-state index contributed by atoms with van der Waals surface area (Å²) in [5.74, 6) is 0.492. The first-order chi connectivity index (χ1) is 9.60. The molecule has 1 aliphatic heterocycles. The van der Waals surface area contributed by atoms with Gasteiger partial charge in [-0.05, 0) is 47.0 Å². The van der Waals surface area contributed by atoms with E-state index in [4.69, 9.17) is 0 Å². The molecular formula is C14H19BrFN3O. The Morgan fingerprint density at radius 2 is 2.40 bits per heavy atom. The highest BCUT2D eigenvalue weighted by Crippen LogP contribution is 2.17. The van der Waals surface area contributed by atoms with Crippen molar-refractivity contribution in [3.63, 3.8) is 0 Å². The van der Waals surface area contributed by atoms with Crippen LogP contribution in [0, 0.1) is 5.82 Å². The maximum Gasteiger partial charge on any atom is 0.194 e. The third-order valence-electron chi connectivity index (χ3n) is 3.19. The highest BCUT2D eigenvalue weighted by molar-refractivity contribution is 9.10. The van der Waals surface area contributed by atoms with E-state index in [9.17, 15) is 9.50 Å². The minimum Gasteiger partial charge on any atom is -0.391 e. The van der Waals surface area contributed by atoms with Gasteiger partial charge in [-0.25, -0.2) is 9.38 Å². The highest BCUT2D eigenvalue weighted by Gasteiger charge is 2.22. The molecule has 1 fully saturated rings. The molecule has 0 spiro atoms. The zero-order chi connectivity index (χ0) is 14.5. The number of hydrogen-bond acceptors (Lipinski definition) is 2. The number of likely N-dealkylation sites (tertiary alicyclic amines) is 1. The molecule has 4 nitrogen and oxygen atoms in total. The number of rotatable bonds is 3. The van der Waals surface area contributed by atoms with Crippen LogP contribution in [0.3, 0.4) is 0 Å². The Balaban J connectivity index is 2.06. The molecule has 0 amide bonds. The van der Waals surface area contributed by atoms with Crippen molar-refractivity contribution in [1.29, 1.82) is 0 Å². The van der Waals surface area contributed by atoms with E-state index in [1.165, 1.54) is 6.07 Å². The second-order valence-corrected chi connectivity index (χ2v) is 5.66. The number of aliphatic hydroxyl groups excluding tert-OH is 1. The molecular weight excluding hydrogens is 325 g/mol. The summed E-state index contributed by atoms with van der Waals surface area (Å²) in [6.07, 6.45) is 0.473. The minimum absolute atomic E-state index is 0.278. The van der Waals surface area contributed by atoms with E-state index in [2.05, 4.69) is 26.2 Å². The molecule has 110 valence electrons. The number of β-amino-alcohol motifs (C(OH)–C–C–N with tert-alkyl or cyclic N) is 1. The molecule has 2 N–H and O–H groups in total. The number of nitrogens with zero attached hydrogens (tertiary/aromatic N) is 2. The Labute approximate surface area is 126 Å². The van der Waals surface area contributed by atoms with Crippen LogP contribution in [-0.2, 0) is 6.54 Å². The zero-order valence-electron chi connectivity index (χ0n) is 11.4. The summed E-state index contributed by atoms with van der Waals surface area (Å²) in [5, 5.41) is 12.8. The number of hydrogen-bond donors (Lipinski definition) is 2. The van der Waals surface area contributed by atoms with Crippen LogP contribution >= 0.6 is 15.9 Å². The summed E-state index contributed by atoms with van der Waals surface area (Å²) < 4.78 is 13.9. The van der Waals surface area contributed by atoms with Crippen LogP contribution in [0.1, 0.15) is 18.9 Å². The lowest BCUT2D eigenvalue weighted by Gasteiger charge is -2.20. The van der Waals surface area contributed by atoms with Crippen molar-refractivity contribution in [2.24, 2.45) is 4.99 Å². The lowest BCUT2D eigenvalue weighted by Crippen LogP contribution is -2.40. The van der Waals surface area contributed by atoms with Gasteiger partial charge in [0.1, 0.15) is 5.82 Å². The Bertz CT molecular complexity index is 495. The second kappa shape index (κ2) is 7.04. The summed E-state index contributed by atoms with van der Waals surface area (Å²) in [6.45, 7) is 4.57. The number of benzene rings is 1. The van der Waals surface area contributed by atoms with E-state index in [-0.39, 0.29) is 11.9 Å². The Hall–Kier alpha value is -1.14. The van der Waals surface area contributed by atoms with Crippen LogP contribution in [-0.4, -0.2) is 41.7 Å². The molecule has 1 saturated heterocycles. The van der Waals surface area contributed by atoms with Gasteiger partial charge in [-0.3, -0.25) is 0 Å². The summed E-state index contributed by atoms with van der Waals surface area (Å²) in [7, 11) is 0. The predicted octanol–water partition coefficient (Wildman–Crippen LogP) is 2.12.